The second-order valence-electron chi connectivity index (χ2n) is 6.91. The molecule has 3 rings (SSSR count). The van der Waals surface area contributed by atoms with Crippen molar-refractivity contribution in [2.24, 2.45) is 0 Å². The van der Waals surface area contributed by atoms with Crippen LogP contribution in [0.1, 0.15) is 22.3 Å². The van der Waals surface area contributed by atoms with Crippen molar-refractivity contribution >= 4 is 5.69 Å². The summed E-state index contributed by atoms with van der Waals surface area (Å²) in [6.45, 7) is 5.13. The molecule has 146 valence electrons. The first-order chi connectivity index (χ1) is 13.5. The van der Waals surface area contributed by atoms with E-state index in [2.05, 4.69) is 28.5 Å². The standard InChI is InChI=1S/C22H25N3O3/c1-16-10-17(2)12-19(11-16)14-28-15-25-13-20(21(26)24-22(25)27)23-9-8-18-6-4-3-5-7-18/h3-7,10-13,23H,8-9,14-15H2,1-2H3,(H,24,26,27). The summed E-state index contributed by atoms with van der Waals surface area (Å²) in [7, 11) is 0. The van der Waals surface area contributed by atoms with E-state index in [9.17, 15) is 9.59 Å². The van der Waals surface area contributed by atoms with Gasteiger partial charge in [-0.25, -0.2) is 4.79 Å². The topological polar surface area (TPSA) is 76.1 Å². The zero-order valence-corrected chi connectivity index (χ0v) is 16.2. The molecule has 0 saturated heterocycles. The molecule has 0 spiro atoms. The van der Waals surface area contributed by atoms with Crippen LogP contribution >= 0.6 is 0 Å². The minimum absolute atomic E-state index is 0.0654. The van der Waals surface area contributed by atoms with Crippen molar-refractivity contribution in [1.29, 1.82) is 0 Å². The lowest BCUT2D eigenvalue weighted by Gasteiger charge is -2.11. The molecule has 6 nitrogen and oxygen atoms in total. The van der Waals surface area contributed by atoms with Crippen LogP contribution in [0.2, 0.25) is 0 Å². The lowest BCUT2D eigenvalue weighted by Crippen LogP contribution is -2.32. The van der Waals surface area contributed by atoms with E-state index in [1.807, 2.05) is 44.2 Å². The summed E-state index contributed by atoms with van der Waals surface area (Å²) < 4.78 is 7.03. The Labute approximate surface area is 163 Å². The van der Waals surface area contributed by atoms with Crippen LogP contribution in [0.4, 0.5) is 5.69 Å². The quantitative estimate of drug-likeness (QED) is 0.631. The van der Waals surface area contributed by atoms with Gasteiger partial charge in [-0.2, -0.15) is 0 Å². The summed E-state index contributed by atoms with van der Waals surface area (Å²) in [6.07, 6.45) is 2.29. The number of aromatic nitrogens is 2. The highest BCUT2D eigenvalue weighted by Crippen LogP contribution is 2.10. The van der Waals surface area contributed by atoms with Crippen LogP contribution in [-0.2, 0) is 24.5 Å². The zero-order chi connectivity index (χ0) is 19.9. The Bertz CT molecular complexity index is 1020. The second-order valence-corrected chi connectivity index (χ2v) is 6.91. The van der Waals surface area contributed by atoms with Crippen LogP contribution in [0.5, 0.6) is 0 Å². The summed E-state index contributed by atoms with van der Waals surface area (Å²) in [6, 6.07) is 16.2. The van der Waals surface area contributed by atoms with Gasteiger partial charge in [-0.05, 0) is 31.4 Å². The number of anilines is 1. The minimum atomic E-state index is -0.487. The highest BCUT2D eigenvalue weighted by molar-refractivity contribution is 5.38. The van der Waals surface area contributed by atoms with Gasteiger partial charge in [0, 0.05) is 12.7 Å². The summed E-state index contributed by atoms with van der Waals surface area (Å²) in [5.41, 5.74) is 4.01. The fourth-order valence-corrected chi connectivity index (χ4v) is 3.13. The average molecular weight is 379 g/mol. The summed E-state index contributed by atoms with van der Waals surface area (Å²) in [5.74, 6) is 0. The Morgan fingerprint density at radius 1 is 1.00 bits per heavy atom. The molecule has 0 aliphatic carbocycles. The predicted octanol–water partition coefficient (Wildman–Crippen LogP) is 2.98. The maximum Gasteiger partial charge on any atom is 0.330 e. The highest BCUT2D eigenvalue weighted by Gasteiger charge is 2.05. The first kappa shape index (κ1) is 19.6. The molecule has 1 heterocycles. The van der Waals surface area contributed by atoms with Gasteiger partial charge in [0.25, 0.3) is 5.56 Å². The third-order valence-corrected chi connectivity index (χ3v) is 4.36. The largest absolute Gasteiger partial charge is 0.379 e. The number of ether oxygens (including phenoxy) is 1. The molecule has 2 aromatic carbocycles. The molecule has 3 aromatic rings. The average Bonchev–Trinajstić information content (AvgIpc) is 2.65. The third kappa shape index (κ3) is 5.44. The summed E-state index contributed by atoms with van der Waals surface area (Å²) in [4.78, 5) is 26.4. The van der Waals surface area contributed by atoms with E-state index >= 15 is 0 Å². The minimum Gasteiger partial charge on any atom is -0.379 e. The lowest BCUT2D eigenvalue weighted by atomic mass is 10.1. The van der Waals surface area contributed by atoms with E-state index in [0.29, 0.717) is 18.8 Å². The van der Waals surface area contributed by atoms with Crippen molar-refractivity contribution in [3.05, 3.63) is 97.8 Å². The van der Waals surface area contributed by atoms with Gasteiger partial charge in [0.05, 0.1) is 6.61 Å². The summed E-state index contributed by atoms with van der Waals surface area (Å²) >= 11 is 0. The Morgan fingerprint density at radius 3 is 2.43 bits per heavy atom. The van der Waals surface area contributed by atoms with E-state index in [-0.39, 0.29) is 6.73 Å². The van der Waals surface area contributed by atoms with Crippen molar-refractivity contribution in [1.82, 2.24) is 9.55 Å². The van der Waals surface area contributed by atoms with Crippen LogP contribution in [0.25, 0.3) is 0 Å². The Balaban J connectivity index is 1.60. The monoisotopic (exact) mass is 379 g/mol. The van der Waals surface area contributed by atoms with Crippen molar-refractivity contribution in [2.75, 3.05) is 11.9 Å². The molecule has 2 N–H and O–H groups in total. The molecular weight excluding hydrogens is 354 g/mol. The van der Waals surface area contributed by atoms with E-state index in [0.717, 1.165) is 12.0 Å². The first-order valence-corrected chi connectivity index (χ1v) is 9.28. The van der Waals surface area contributed by atoms with Crippen LogP contribution in [0.15, 0.2) is 64.3 Å². The molecule has 0 saturated carbocycles. The van der Waals surface area contributed by atoms with E-state index in [4.69, 9.17) is 4.74 Å². The SMILES string of the molecule is Cc1cc(C)cc(COCn2cc(NCCc3ccccc3)c(=O)[nH]c2=O)c1. The smallest absolute Gasteiger partial charge is 0.330 e. The molecule has 0 fully saturated rings. The van der Waals surface area contributed by atoms with Crippen LogP contribution < -0.4 is 16.6 Å². The number of benzene rings is 2. The fourth-order valence-electron chi connectivity index (χ4n) is 3.13. The second kappa shape index (κ2) is 9.19. The predicted molar refractivity (Wildman–Crippen MR) is 111 cm³/mol. The number of aromatic amines is 1. The molecule has 0 amide bonds. The molecule has 0 radical (unpaired) electrons. The first-order valence-electron chi connectivity index (χ1n) is 9.28. The van der Waals surface area contributed by atoms with E-state index < -0.39 is 11.2 Å². The Kier molecular flexibility index (Phi) is 6.45. The Hall–Kier alpha value is -3.12. The van der Waals surface area contributed by atoms with Gasteiger partial charge in [-0.15, -0.1) is 0 Å². The van der Waals surface area contributed by atoms with Crippen molar-refractivity contribution < 1.29 is 4.74 Å². The van der Waals surface area contributed by atoms with Gasteiger partial charge in [-0.1, -0.05) is 59.7 Å². The van der Waals surface area contributed by atoms with Crippen LogP contribution in [0, 0.1) is 13.8 Å². The van der Waals surface area contributed by atoms with Gasteiger partial charge in [0.2, 0.25) is 0 Å². The molecule has 0 bridgehead atoms. The fraction of sp³-hybridized carbons (Fsp3) is 0.273. The molecule has 28 heavy (non-hydrogen) atoms. The number of rotatable bonds is 8. The molecule has 0 atom stereocenters. The van der Waals surface area contributed by atoms with E-state index in [1.165, 1.54) is 27.5 Å². The van der Waals surface area contributed by atoms with Crippen molar-refractivity contribution in [3.8, 4) is 0 Å². The van der Waals surface area contributed by atoms with Gasteiger partial charge in [-0.3, -0.25) is 14.3 Å². The van der Waals surface area contributed by atoms with Gasteiger partial charge in [0.1, 0.15) is 12.4 Å². The molecular formula is C22H25N3O3. The van der Waals surface area contributed by atoms with Gasteiger partial charge in [0.15, 0.2) is 0 Å². The number of nitrogens with zero attached hydrogens (tertiary/aromatic N) is 1. The molecule has 0 aliphatic heterocycles. The number of hydrogen-bond acceptors (Lipinski definition) is 4. The normalized spacial score (nSPS) is 10.8. The molecule has 0 aliphatic rings. The number of nitrogens with one attached hydrogen (secondary N) is 2. The van der Waals surface area contributed by atoms with Crippen LogP contribution in [0.3, 0.4) is 0 Å². The van der Waals surface area contributed by atoms with Gasteiger partial charge < -0.3 is 10.1 Å². The van der Waals surface area contributed by atoms with Gasteiger partial charge >= 0.3 is 5.69 Å². The van der Waals surface area contributed by atoms with Crippen molar-refractivity contribution in [3.63, 3.8) is 0 Å². The highest BCUT2D eigenvalue weighted by atomic mass is 16.5. The van der Waals surface area contributed by atoms with Crippen LogP contribution in [-0.4, -0.2) is 16.1 Å². The third-order valence-electron chi connectivity index (χ3n) is 4.36. The number of aryl methyl sites for hydroxylation is 2. The molecule has 6 heteroatoms. The van der Waals surface area contributed by atoms with Crippen molar-refractivity contribution in [2.45, 2.75) is 33.6 Å². The Morgan fingerprint density at radius 2 is 1.71 bits per heavy atom. The maximum absolute atomic E-state index is 12.0. The molecule has 1 aromatic heterocycles. The molecule has 0 unspecified atom stereocenters. The number of H-pyrrole nitrogens is 1. The zero-order valence-electron chi connectivity index (χ0n) is 16.2. The lowest BCUT2D eigenvalue weighted by molar-refractivity contribution is 0.0608. The maximum atomic E-state index is 12.0. The number of hydrogen-bond donors (Lipinski definition) is 2. The summed E-state index contributed by atoms with van der Waals surface area (Å²) in [5, 5.41) is 3.09. The van der Waals surface area contributed by atoms with E-state index in [1.54, 1.807) is 0 Å².